The summed E-state index contributed by atoms with van der Waals surface area (Å²) in [6.45, 7) is 3.48. The topological polar surface area (TPSA) is 108 Å². The van der Waals surface area contributed by atoms with Crippen molar-refractivity contribution in [1.29, 1.82) is 0 Å². The molecule has 0 radical (unpaired) electrons. The lowest BCUT2D eigenvalue weighted by Crippen LogP contribution is -2.01. The molecule has 0 saturated heterocycles. The summed E-state index contributed by atoms with van der Waals surface area (Å²) in [5, 5.41) is 32.0. The van der Waals surface area contributed by atoms with Crippen LogP contribution in [-0.4, -0.2) is 35.9 Å². The van der Waals surface area contributed by atoms with Gasteiger partial charge in [-0.25, -0.2) is 4.79 Å². The summed E-state index contributed by atoms with van der Waals surface area (Å²) < 4.78 is 0.960. The van der Waals surface area contributed by atoms with Gasteiger partial charge < -0.3 is 15.3 Å². The molecule has 0 atom stereocenters. The Bertz CT molecular complexity index is 618. The number of allylic oxidation sites excluding steroid dienone is 1. The van der Waals surface area contributed by atoms with Gasteiger partial charge in [0.25, 0.3) is 0 Å². The number of rotatable bonds is 3. The highest BCUT2D eigenvalue weighted by Gasteiger charge is 2.19. The summed E-state index contributed by atoms with van der Waals surface area (Å²) in [5.74, 6) is -2.01. The third-order valence-corrected chi connectivity index (χ3v) is 2.27. The highest BCUT2D eigenvalue weighted by molar-refractivity contribution is 5.94. The molecule has 17 heavy (non-hydrogen) atoms. The molecule has 0 unspecified atom stereocenters. The van der Waals surface area contributed by atoms with Crippen molar-refractivity contribution in [3.05, 3.63) is 30.0 Å². The highest BCUT2D eigenvalue weighted by Crippen LogP contribution is 2.27. The number of carboxylic acid groups (broad SMARTS) is 1. The van der Waals surface area contributed by atoms with E-state index in [-0.39, 0.29) is 29.1 Å². The number of carbonyl (C=O) groups is 1. The van der Waals surface area contributed by atoms with E-state index >= 15 is 0 Å². The van der Waals surface area contributed by atoms with Crippen molar-refractivity contribution in [2.75, 3.05) is 0 Å². The fraction of sp³-hybridized carbons (Fsp3) is 0.100. The van der Waals surface area contributed by atoms with Crippen molar-refractivity contribution in [2.24, 2.45) is 0 Å². The number of hydrogen-bond acceptors (Lipinski definition) is 5. The Hall–Kier alpha value is -2.57. The fourth-order valence-electron chi connectivity index (χ4n) is 1.48. The summed E-state index contributed by atoms with van der Waals surface area (Å²) in [6.07, 6.45) is 2.73. The van der Waals surface area contributed by atoms with Gasteiger partial charge in [0.15, 0.2) is 5.65 Å². The van der Waals surface area contributed by atoms with Crippen molar-refractivity contribution < 1.29 is 20.1 Å². The lowest BCUT2D eigenvalue weighted by molar-refractivity contribution is 0.0699. The number of aromatic nitrogens is 3. The van der Waals surface area contributed by atoms with E-state index in [0.29, 0.717) is 0 Å². The normalized spacial score (nSPS) is 10.6. The van der Waals surface area contributed by atoms with Gasteiger partial charge >= 0.3 is 5.97 Å². The molecule has 7 nitrogen and oxygen atoms in total. The van der Waals surface area contributed by atoms with E-state index in [1.807, 2.05) is 0 Å². The van der Waals surface area contributed by atoms with E-state index in [9.17, 15) is 15.0 Å². The highest BCUT2D eigenvalue weighted by atomic mass is 16.4. The second-order valence-corrected chi connectivity index (χ2v) is 3.33. The van der Waals surface area contributed by atoms with Gasteiger partial charge in [0.1, 0.15) is 5.56 Å². The van der Waals surface area contributed by atoms with E-state index < -0.39 is 11.8 Å². The Kier molecular flexibility index (Phi) is 2.43. The van der Waals surface area contributed by atoms with Crippen molar-refractivity contribution in [3.8, 4) is 11.8 Å². The van der Waals surface area contributed by atoms with Crippen molar-refractivity contribution in [2.45, 2.75) is 6.42 Å². The predicted octanol–water partition coefficient (Wildman–Crippen LogP) is 0.567. The van der Waals surface area contributed by atoms with Crippen molar-refractivity contribution in [3.63, 3.8) is 0 Å². The molecule has 0 bridgehead atoms. The zero-order valence-electron chi connectivity index (χ0n) is 8.66. The smallest absolute Gasteiger partial charge is 0.341 e. The standard InChI is InChI=1S/C10H9N3O4/c1-2-3-5-8(14)12-7-6(10(16)17)4-11-13(7)9(5)15/h2,4,15H,1,3H2,(H,12,14)(H,16,17). The van der Waals surface area contributed by atoms with E-state index in [2.05, 4.69) is 16.7 Å². The molecule has 0 aliphatic heterocycles. The van der Waals surface area contributed by atoms with Gasteiger partial charge in [0.2, 0.25) is 11.8 Å². The van der Waals surface area contributed by atoms with Crippen LogP contribution in [0.15, 0.2) is 18.9 Å². The minimum Gasteiger partial charge on any atom is -0.493 e. The predicted molar refractivity (Wildman–Crippen MR) is 57.2 cm³/mol. The summed E-state index contributed by atoms with van der Waals surface area (Å²) >= 11 is 0. The van der Waals surface area contributed by atoms with Crippen LogP contribution in [0.5, 0.6) is 11.8 Å². The van der Waals surface area contributed by atoms with Gasteiger partial charge in [0.05, 0.1) is 11.8 Å². The lowest BCUT2D eigenvalue weighted by Gasteiger charge is -2.05. The molecular weight excluding hydrogens is 226 g/mol. The molecule has 0 aromatic carbocycles. The van der Waals surface area contributed by atoms with Crippen molar-refractivity contribution in [1.82, 2.24) is 14.6 Å². The van der Waals surface area contributed by atoms with Crippen LogP contribution in [0.3, 0.4) is 0 Å². The average Bonchev–Trinajstić information content (AvgIpc) is 2.68. The molecule has 0 fully saturated rings. The molecule has 0 spiro atoms. The summed E-state index contributed by atoms with van der Waals surface area (Å²) in [6, 6.07) is 0. The number of aromatic hydroxyl groups is 2. The first-order chi connectivity index (χ1) is 8.06. The van der Waals surface area contributed by atoms with Crippen LogP contribution < -0.4 is 0 Å². The number of aromatic carboxylic acids is 1. The Morgan fingerprint density at radius 1 is 1.53 bits per heavy atom. The van der Waals surface area contributed by atoms with Gasteiger partial charge in [-0.3, -0.25) is 0 Å². The fourth-order valence-corrected chi connectivity index (χ4v) is 1.48. The summed E-state index contributed by atoms with van der Waals surface area (Å²) in [5.41, 5.74) is -0.159. The SMILES string of the molecule is C=CCc1c(O)nc2c(C(=O)O)cnn2c1O. The third-order valence-electron chi connectivity index (χ3n) is 2.27. The van der Waals surface area contributed by atoms with Crippen molar-refractivity contribution >= 4 is 11.6 Å². The van der Waals surface area contributed by atoms with Crippen LogP contribution in [0, 0.1) is 0 Å². The number of carboxylic acids is 1. The molecule has 7 heteroatoms. The molecule has 88 valence electrons. The molecule has 2 aromatic heterocycles. The molecule has 3 N–H and O–H groups in total. The van der Waals surface area contributed by atoms with Crippen LogP contribution in [0.2, 0.25) is 0 Å². The van der Waals surface area contributed by atoms with Crippen LogP contribution in [-0.2, 0) is 6.42 Å². The maximum absolute atomic E-state index is 10.8. The molecule has 2 heterocycles. The summed E-state index contributed by atoms with van der Waals surface area (Å²) in [7, 11) is 0. The minimum atomic E-state index is -1.23. The molecule has 0 saturated carbocycles. The first-order valence-corrected chi connectivity index (χ1v) is 4.69. The van der Waals surface area contributed by atoms with Gasteiger partial charge in [-0.1, -0.05) is 6.08 Å². The second kappa shape index (κ2) is 3.78. The van der Waals surface area contributed by atoms with Gasteiger partial charge in [-0.2, -0.15) is 14.6 Å². The Morgan fingerprint density at radius 3 is 2.82 bits per heavy atom. The average molecular weight is 235 g/mol. The van der Waals surface area contributed by atoms with Crippen LogP contribution in [0.1, 0.15) is 15.9 Å². The summed E-state index contributed by atoms with van der Waals surface area (Å²) in [4.78, 5) is 14.5. The number of nitrogens with zero attached hydrogens (tertiary/aromatic N) is 3. The molecule has 2 rings (SSSR count). The third kappa shape index (κ3) is 1.57. The van der Waals surface area contributed by atoms with Crippen LogP contribution in [0.25, 0.3) is 5.65 Å². The molecule has 0 aliphatic carbocycles. The number of hydrogen-bond donors (Lipinski definition) is 3. The van der Waals surface area contributed by atoms with Crippen LogP contribution in [0.4, 0.5) is 0 Å². The van der Waals surface area contributed by atoms with Crippen LogP contribution >= 0.6 is 0 Å². The molecular formula is C10H9N3O4. The van der Waals surface area contributed by atoms with E-state index in [1.54, 1.807) is 0 Å². The maximum atomic E-state index is 10.8. The Balaban J connectivity index is 2.78. The first kappa shape index (κ1) is 10.9. The zero-order chi connectivity index (χ0) is 12.6. The molecule has 0 aliphatic rings. The zero-order valence-corrected chi connectivity index (χ0v) is 8.66. The lowest BCUT2D eigenvalue weighted by atomic mass is 10.2. The number of fused-ring (bicyclic) bond motifs is 1. The molecule has 0 amide bonds. The Morgan fingerprint density at radius 2 is 2.24 bits per heavy atom. The quantitative estimate of drug-likeness (QED) is 0.671. The monoisotopic (exact) mass is 235 g/mol. The molecule has 2 aromatic rings. The van der Waals surface area contributed by atoms with Gasteiger partial charge in [-0.05, 0) is 0 Å². The minimum absolute atomic E-state index is 0.111. The van der Waals surface area contributed by atoms with Gasteiger partial charge in [-0.15, -0.1) is 6.58 Å². The Labute approximate surface area is 95.3 Å². The van der Waals surface area contributed by atoms with E-state index in [4.69, 9.17) is 5.11 Å². The second-order valence-electron chi connectivity index (χ2n) is 3.33. The van der Waals surface area contributed by atoms with Gasteiger partial charge in [0, 0.05) is 6.42 Å². The van der Waals surface area contributed by atoms with E-state index in [0.717, 1.165) is 10.7 Å². The first-order valence-electron chi connectivity index (χ1n) is 4.69. The van der Waals surface area contributed by atoms with E-state index in [1.165, 1.54) is 6.08 Å². The largest absolute Gasteiger partial charge is 0.493 e. The maximum Gasteiger partial charge on any atom is 0.341 e.